The van der Waals surface area contributed by atoms with Crippen LogP contribution in [0.25, 0.3) is 16.9 Å². The number of nitrogens with zero attached hydrogens (tertiary/aromatic N) is 4. The van der Waals surface area contributed by atoms with Gasteiger partial charge in [-0.1, -0.05) is 18.2 Å². The van der Waals surface area contributed by atoms with Crippen molar-refractivity contribution in [1.82, 2.24) is 20.1 Å². The van der Waals surface area contributed by atoms with Crippen LogP contribution in [0.15, 0.2) is 79.0 Å². The van der Waals surface area contributed by atoms with Crippen molar-refractivity contribution in [2.24, 2.45) is 0 Å². The van der Waals surface area contributed by atoms with Crippen LogP contribution >= 0.6 is 0 Å². The van der Waals surface area contributed by atoms with Crippen LogP contribution in [0.5, 0.6) is 5.75 Å². The average molecular weight is 429 g/mol. The summed E-state index contributed by atoms with van der Waals surface area (Å²) in [7, 11) is 1.57. The van der Waals surface area contributed by atoms with Gasteiger partial charge in [0.1, 0.15) is 11.4 Å². The van der Waals surface area contributed by atoms with Crippen LogP contribution in [-0.4, -0.2) is 32.7 Å². The average Bonchev–Trinajstić information content (AvgIpc) is 3.29. The summed E-state index contributed by atoms with van der Waals surface area (Å²) in [6.45, 7) is 0.250. The second-order valence-electron chi connectivity index (χ2n) is 6.84. The van der Waals surface area contributed by atoms with Crippen molar-refractivity contribution in [3.8, 4) is 22.7 Å². The predicted molar refractivity (Wildman–Crippen MR) is 118 cm³/mol. The Bertz CT molecular complexity index is 1250. The monoisotopic (exact) mass is 429 g/mol. The first-order valence-electron chi connectivity index (χ1n) is 9.72. The third-order valence-electron chi connectivity index (χ3n) is 4.77. The summed E-state index contributed by atoms with van der Waals surface area (Å²) in [5.74, 6) is 0.309. The molecule has 0 radical (unpaired) electrons. The van der Waals surface area contributed by atoms with E-state index in [1.54, 1.807) is 37.6 Å². The van der Waals surface area contributed by atoms with Crippen LogP contribution < -0.4 is 10.1 Å². The zero-order valence-electron chi connectivity index (χ0n) is 17.1. The maximum absolute atomic E-state index is 13.0. The molecule has 0 saturated carbocycles. The van der Waals surface area contributed by atoms with Crippen LogP contribution in [0, 0.1) is 10.1 Å². The standard InChI is InChI=1S/C23H19N5O4/c1-32-20-7-4-5-16(13-20)21-14-22(23(29)25-15-17-6-2-3-12-24-17)27(26-21)18-8-10-19(11-9-18)28(30)31/h2-14H,15H2,1H3,(H,25,29). The third kappa shape index (κ3) is 4.46. The van der Waals surface area contributed by atoms with Gasteiger partial charge in [0.05, 0.1) is 35.7 Å². The number of non-ortho nitro benzene ring substituents is 1. The van der Waals surface area contributed by atoms with Gasteiger partial charge in [-0.15, -0.1) is 0 Å². The Balaban J connectivity index is 1.71. The number of hydrogen-bond donors (Lipinski definition) is 1. The molecule has 160 valence electrons. The van der Waals surface area contributed by atoms with Crippen LogP contribution in [0.1, 0.15) is 16.2 Å². The summed E-state index contributed by atoms with van der Waals surface area (Å²) < 4.78 is 6.75. The van der Waals surface area contributed by atoms with E-state index >= 15 is 0 Å². The molecule has 2 aromatic heterocycles. The van der Waals surface area contributed by atoms with Crippen molar-refractivity contribution >= 4 is 11.6 Å². The quantitative estimate of drug-likeness (QED) is 0.353. The topological polar surface area (TPSA) is 112 Å². The minimum Gasteiger partial charge on any atom is -0.497 e. The smallest absolute Gasteiger partial charge is 0.270 e. The van der Waals surface area contributed by atoms with Gasteiger partial charge >= 0.3 is 0 Å². The van der Waals surface area contributed by atoms with Crippen molar-refractivity contribution in [2.75, 3.05) is 7.11 Å². The first-order valence-corrected chi connectivity index (χ1v) is 9.72. The maximum atomic E-state index is 13.0. The molecule has 0 atom stereocenters. The lowest BCUT2D eigenvalue weighted by atomic mass is 10.1. The molecule has 0 aliphatic rings. The zero-order chi connectivity index (χ0) is 22.5. The molecular formula is C23H19N5O4. The molecule has 1 amide bonds. The van der Waals surface area contributed by atoms with Crippen LogP contribution in [0.2, 0.25) is 0 Å². The normalized spacial score (nSPS) is 10.5. The second-order valence-corrected chi connectivity index (χ2v) is 6.84. The number of methoxy groups -OCH3 is 1. The van der Waals surface area contributed by atoms with Crippen LogP contribution in [0.3, 0.4) is 0 Å². The molecule has 0 bridgehead atoms. The van der Waals surface area contributed by atoms with Gasteiger partial charge in [-0.3, -0.25) is 19.9 Å². The van der Waals surface area contributed by atoms with E-state index in [1.807, 2.05) is 36.4 Å². The van der Waals surface area contributed by atoms with E-state index < -0.39 is 4.92 Å². The predicted octanol–water partition coefficient (Wildman–Crippen LogP) is 3.78. The number of ether oxygens (including phenoxy) is 1. The number of benzene rings is 2. The van der Waals surface area contributed by atoms with E-state index in [2.05, 4.69) is 15.4 Å². The Kier molecular flexibility index (Phi) is 5.89. The summed E-state index contributed by atoms with van der Waals surface area (Å²) in [6.07, 6.45) is 1.66. The number of nitro benzene ring substituents is 1. The number of amides is 1. The zero-order valence-corrected chi connectivity index (χ0v) is 17.1. The van der Waals surface area contributed by atoms with E-state index in [0.717, 1.165) is 11.3 Å². The first kappa shape index (κ1) is 20.7. The molecule has 32 heavy (non-hydrogen) atoms. The van der Waals surface area contributed by atoms with E-state index in [1.165, 1.54) is 16.8 Å². The van der Waals surface area contributed by atoms with Gasteiger partial charge in [-0.25, -0.2) is 4.68 Å². The fourth-order valence-corrected chi connectivity index (χ4v) is 3.14. The summed E-state index contributed by atoms with van der Waals surface area (Å²) in [5.41, 5.74) is 2.81. The van der Waals surface area contributed by atoms with E-state index in [-0.39, 0.29) is 23.8 Å². The molecule has 1 N–H and O–H groups in total. The largest absolute Gasteiger partial charge is 0.497 e. The lowest BCUT2D eigenvalue weighted by Crippen LogP contribution is -2.25. The van der Waals surface area contributed by atoms with E-state index in [0.29, 0.717) is 17.1 Å². The van der Waals surface area contributed by atoms with Gasteiger partial charge in [0, 0.05) is 23.9 Å². The molecule has 4 aromatic rings. The highest BCUT2D eigenvalue weighted by Gasteiger charge is 2.19. The van der Waals surface area contributed by atoms with Crippen molar-refractivity contribution in [2.45, 2.75) is 6.54 Å². The van der Waals surface area contributed by atoms with Gasteiger partial charge in [-0.05, 0) is 42.5 Å². The molecular weight excluding hydrogens is 410 g/mol. The molecule has 4 rings (SSSR count). The van der Waals surface area contributed by atoms with Gasteiger partial charge in [-0.2, -0.15) is 5.10 Å². The molecule has 9 nitrogen and oxygen atoms in total. The summed E-state index contributed by atoms with van der Waals surface area (Å²) in [6, 6.07) is 20.3. The molecule has 2 heterocycles. The number of carbonyl (C=O) groups is 1. The number of pyridine rings is 1. The van der Waals surface area contributed by atoms with Crippen molar-refractivity contribution in [3.05, 3.63) is 100 Å². The minimum absolute atomic E-state index is 0.0462. The number of nitrogens with one attached hydrogen (secondary N) is 1. The van der Waals surface area contributed by atoms with Crippen molar-refractivity contribution in [1.29, 1.82) is 0 Å². The van der Waals surface area contributed by atoms with Gasteiger partial charge in [0.15, 0.2) is 0 Å². The lowest BCUT2D eigenvalue weighted by molar-refractivity contribution is -0.384. The minimum atomic E-state index is -0.477. The first-order chi connectivity index (χ1) is 15.5. The number of nitro groups is 1. The Morgan fingerprint density at radius 2 is 1.91 bits per heavy atom. The number of rotatable bonds is 7. The summed E-state index contributed by atoms with van der Waals surface area (Å²) in [4.78, 5) is 27.7. The molecule has 0 aliphatic carbocycles. The Morgan fingerprint density at radius 1 is 1.09 bits per heavy atom. The van der Waals surface area contributed by atoms with Crippen LogP contribution in [-0.2, 0) is 6.54 Å². The maximum Gasteiger partial charge on any atom is 0.270 e. The fourth-order valence-electron chi connectivity index (χ4n) is 3.14. The third-order valence-corrected chi connectivity index (χ3v) is 4.77. The van der Waals surface area contributed by atoms with Gasteiger partial charge in [0.25, 0.3) is 11.6 Å². The highest BCUT2D eigenvalue weighted by molar-refractivity contribution is 5.94. The van der Waals surface area contributed by atoms with Gasteiger partial charge < -0.3 is 10.1 Å². The molecule has 9 heteroatoms. The molecule has 2 aromatic carbocycles. The van der Waals surface area contributed by atoms with E-state index in [4.69, 9.17) is 4.74 Å². The van der Waals surface area contributed by atoms with Crippen molar-refractivity contribution < 1.29 is 14.5 Å². The molecule has 0 spiro atoms. The second kappa shape index (κ2) is 9.09. The molecule has 0 unspecified atom stereocenters. The van der Waals surface area contributed by atoms with Gasteiger partial charge in [0.2, 0.25) is 0 Å². The summed E-state index contributed by atoms with van der Waals surface area (Å²) in [5, 5.41) is 18.4. The Morgan fingerprint density at radius 3 is 2.59 bits per heavy atom. The highest BCUT2D eigenvalue weighted by atomic mass is 16.6. The molecule has 0 saturated heterocycles. The van der Waals surface area contributed by atoms with Crippen LogP contribution in [0.4, 0.5) is 5.69 Å². The summed E-state index contributed by atoms with van der Waals surface area (Å²) >= 11 is 0. The fraction of sp³-hybridized carbons (Fsp3) is 0.0870. The van der Waals surface area contributed by atoms with Crippen molar-refractivity contribution in [3.63, 3.8) is 0 Å². The highest BCUT2D eigenvalue weighted by Crippen LogP contribution is 2.26. The Labute approximate surface area is 183 Å². The number of aromatic nitrogens is 3. The van der Waals surface area contributed by atoms with E-state index in [9.17, 15) is 14.9 Å². The molecule has 0 fully saturated rings. The number of hydrogen-bond acceptors (Lipinski definition) is 6. The number of carbonyl (C=O) groups excluding carboxylic acids is 1. The Hall–Kier alpha value is -4.53. The lowest BCUT2D eigenvalue weighted by Gasteiger charge is -2.08. The molecule has 0 aliphatic heterocycles. The SMILES string of the molecule is COc1cccc(-c2cc(C(=O)NCc3ccccn3)n(-c3ccc([N+](=O)[O-])cc3)n2)c1.